The second kappa shape index (κ2) is 8.14. The summed E-state index contributed by atoms with van der Waals surface area (Å²) >= 11 is 2.21. The molecule has 0 unspecified atom stereocenters. The number of alkyl halides is 3. The highest BCUT2D eigenvalue weighted by Gasteiger charge is 2.46. The van der Waals surface area contributed by atoms with Crippen LogP contribution in [0.2, 0.25) is 0 Å². The van der Waals surface area contributed by atoms with Gasteiger partial charge in [-0.1, -0.05) is 12.1 Å². The van der Waals surface area contributed by atoms with Gasteiger partial charge >= 0.3 is 6.18 Å². The Balaban J connectivity index is 1.79. The lowest BCUT2D eigenvalue weighted by atomic mass is 9.83. The number of rotatable bonds is 4. The number of piperidine rings is 1. The Bertz CT molecular complexity index is 929. The molecule has 1 aromatic carbocycles. The zero-order chi connectivity index (χ0) is 21.5. The Labute approximate surface area is 187 Å². The molecular weight excluding hydrogens is 508 g/mol. The van der Waals surface area contributed by atoms with E-state index >= 15 is 0 Å². The van der Waals surface area contributed by atoms with Crippen molar-refractivity contribution in [1.82, 2.24) is 19.4 Å². The molecule has 4 rings (SSSR count). The van der Waals surface area contributed by atoms with Crippen molar-refractivity contribution in [2.24, 2.45) is 7.05 Å². The Hall–Kier alpha value is -1.62. The zero-order valence-corrected chi connectivity index (χ0v) is 18.9. The van der Waals surface area contributed by atoms with Crippen molar-refractivity contribution < 1.29 is 18.0 Å². The molecule has 0 saturated carbocycles. The minimum absolute atomic E-state index is 0.256. The van der Waals surface area contributed by atoms with Crippen molar-refractivity contribution in [3.8, 4) is 11.4 Å². The molecule has 30 heavy (non-hydrogen) atoms. The molecule has 0 aliphatic carbocycles. The fraction of sp³-hybridized carbons (Fsp3) is 0.524. The molecule has 3 heterocycles. The topological polar surface area (TPSA) is 41.4 Å². The number of amides is 1. The summed E-state index contributed by atoms with van der Waals surface area (Å²) in [6.07, 6.45) is 0.362. The number of imidazole rings is 1. The monoisotopic (exact) mass is 532 g/mol. The molecule has 2 fully saturated rings. The van der Waals surface area contributed by atoms with Crippen LogP contribution in [0.1, 0.15) is 36.9 Å². The third kappa shape index (κ3) is 3.74. The molecule has 0 bridgehead atoms. The van der Waals surface area contributed by atoms with E-state index in [1.54, 1.807) is 11.0 Å². The summed E-state index contributed by atoms with van der Waals surface area (Å²) < 4.78 is 42.5. The first-order chi connectivity index (χ1) is 14.3. The van der Waals surface area contributed by atoms with Crippen LogP contribution in [0.5, 0.6) is 0 Å². The van der Waals surface area contributed by atoms with E-state index in [-0.39, 0.29) is 5.54 Å². The summed E-state index contributed by atoms with van der Waals surface area (Å²) in [6, 6.07) is 5.35. The van der Waals surface area contributed by atoms with E-state index in [1.807, 2.05) is 11.6 Å². The predicted molar refractivity (Wildman–Crippen MR) is 116 cm³/mol. The van der Waals surface area contributed by atoms with Crippen molar-refractivity contribution in [1.29, 1.82) is 0 Å². The van der Waals surface area contributed by atoms with Crippen molar-refractivity contribution >= 4 is 29.0 Å². The van der Waals surface area contributed by atoms with Gasteiger partial charge in [0, 0.05) is 25.7 Å². The van der Waals surface area contributed by atoms with E-state index in [4.69, 9.17) is 4.98 Å². The van der Waals surface area contributed by atoms with Gasteiger partial charge in [0.05, 0.1) is 16.8 Å². The molecule has 2 aliphatic rings. The average Bonchev–Trinajstić information content (AvgIpc) is 3.36. The molecule has 2 aromatic rings. The number of aromatic nitrogens is 2. The van der Waals surface area contributed by atoms with Crippen LogP contribution in [0.3, 0.4) is 0 Å². The van der Waals surface area contributed by atoms with Gasteiger partial charge in [-0.25, -0.2) is 4.98 Å². The van der Waals surface area contributed by atoms with Gasteiger partial charge in [0.25, 0.3) is 0 Å². The second-order valence-corrected chi connectivity index (χ2v) is 9.10. The third-order valence-corrected chi connectivity index (χ3v) is 7.18. The van der Waals surface area contributed by atoms with Crippen LogP contribution < -0.4 is 0 Å². The van der Waals surface area contributed by atoms with E-state index in [9.17, 15) is 18.0 Å². The molecular formula is C21H24F3IN4O. The molecule has 2 aliphatic heterocycles. The first-order valence-corrected chi connectivity index (χ1v) is 11.2. The van der Waals surface area contributed by atoms with Crippen LogP contribution >= 0.6 is 22.6 Å². The predicted octanol–water partition coefficient (Wildman–Crippen LogP) is 4.25. The normalized spacial score (nSPS) is 20.0. The van der Waals surface area contributed by atoms with Crippen LogP contribution in [0.25, 0.3) is 11.4 Å². The molecule has 2 saturated heterocycles. The number of carbonyl (C=O) groups is 1. The van der Waals surface area contributed by atoms with Gasteiger partial charge in [0.15, 0.2) is 0 Å². The first-order valence-electron chi connectivity index (χ1n) is 10.1. The van der Waals surface area contributed by atoms with Crippen LogP contribution in [0.4, 0.5) is 13.2 Å². The van der Waals surface area contributed by atoms with Gasteiger partial charge in [-0.2, -0.15) is 13.2 Å². The molecule has 1 amide bonds. The van der Waals surface area contributed by atoms with Gasteiger partial charge in [-0.15, -0.1) is 0 Å². The summed E-state index contributed by atoms with van der Waals surface area (Å²) in [4.78, 5) is 20.3. The van der Waals surface area contributed by atoms with E-state index in [0.29, 0.717) is 24.5 Å². The Kier molecular flexibility index (Phi) is 5.86. The number of benzene rings is 1. The summed E-state index contributed by atoms with van der Waals surface area (Å²) in [6.45, 7) is 3.31. The molecule has 1 aromatic heterocycles. The summed E-state index contributed by atoms with van der Waals surface area (Å²) in [5.41, 5.74) is 0.572. The first kappa shape index (κ1) is 21.6. The maximum atomic E-state index is 13.2. The van der Waals surface area contributed by atoms with Gasteiger partial charge in [-0.05, 0) is 73.5 Å². The van der Waals surface area contributed by atoms with Crippen molar-refractivity contribution in [3.63, 3.8) is 0 Å². The number of hydrogen-bond donors (Lipinski definition) is 0. The van der Waals surface area contributed by atoms with Crippen LogP contribution in [-0.4, -0.2) is 51.9 Å². The Morgan fingerprint density at radius 1 is 1.13 bits per heavy atom. The summed E-state index contributed by atoms with van der Waals surface area (Å²) in [5.74, 6) is 0.539. The van der Waals surface area contributed by atoms with Gasteiger partial charge < -0.3 is 9.47 Å². The van der Waals surface area contributed by atoms with E-state index in [2.05, 4.69) is 27.5 Å². The van der Waals surface area contributed by atoms with E-state index < -0.39 is 11.7 Å². The number of hydrogen-bond acceptors (Lipinski definition) is 3. The standard InChI is InChI=1S/C21H24F3IN4O/c1-27-17(20(29-9-2-3-10-29)7-11-28(14-30)12-8-20)18(25)26-19(27)15-5-4-6-16(13-15)21(22,23)24/h4-6,13-14H,2-3,7-12H2,1H3. The number of nitrogens with zero attached hydrogens (tertiary/aromatic N) is 4. The highest BCUT2D eigenvalue weighted by molar-refractivity contribution is 14.1. The van der Waals surface area contributed by atoms with Crippen LogP contribution in [-0.2, 0) is 23.6 Å². The van der Waals surface area contributed by atoms with Crippen LogP contribution in [0.15, 0.2) is 24.3 Å². The quantitative estimate of drug-likeness (QED) is 0.437. The lowest BCUT2D eigenvalue weighted by Gasteiger charge is -2.47. The van der Waals surface area contributed by atoms with E-state index in [0.717, 1.165) is 60.6 Å². The number of likely N-dealkylation sites (tertiary alicyclic amines) is 2. The molecule has 0 atom stereocenters. The fourth-order valence-electron chi connectivity index (χ4n) is 4.91. The van der Waals surface area contributed by atoms with Crippen molar-refractivity contribution in [2.75, 3.05) is 26.2 Å². The maximum Gasteiger partial charge on any atom is 0.416 e. The average molecular weight is 532 g/mol. The smallest absolute Gasteiger partial charge is 0.345 e. The van der Waals surface area contributed by atoms with Crippen LogP contribution in [0, 0.1) is 3.70 Å². The van der Waals surface area contributed by atoms with Gasteiger partial charge in [0.1, 0.15) is 9.53 Å². The second-order valence-electron chi connectivity index (χ2n) is 8.08. The Morgan fingerprint density at radius 3 is 2.40 bits per heavy atom. The minimum atomic E-state index is -4.39. The number of carbonyl (C=O) groups excluding carboxylic acids is 1. The molecule has 0 N–H and O–H groups in total. The lowest BCUT2D eigenvalue weighted by Crippen LogP contribution is -2.53. The van der Waals surface area contributed by atoms with E-state index in [1.165, 1.54) is 12.1 Å². The van der Waals surface area contributed by atoms with Crippen molar-refractivity contribution in [2.45, 2.75) is 37.4 Å². The largest absolute Gasteiger partial charge is 0.416 e. The molecule has 9 heteroatoms. The highest BCUT2D eigenvalue weighted by Crippen LogP contribution is 2.44. The van der Waals surface area contributed by atoms with Gasteiger partial charge in [-0.3, -0.25) is 9.69 Å². The molecule has 5 nitrogen and oxygen atoms in total. The Morgan fingerprint density at radius 2 is 1.80 bits per heavy atom. The molecule has 0 radical (unpaired) electrons. The number of halogens is 4. The zero-order valence-electron chi connectivity index (χ0n) is 16.8. The third-order valence-electron chi connectivity index (χ3n) is 6.43. The lowest BCUT2D eigenvalue weighted by molar-refractivity contribution is -0.137. The fourth-order valence-corrected chi connectivity index (χ4v) is 6.00. The van der Waals surface area contributed by atoms with Gasteiger partial charge in [0.2, 0.25) is 6.41 Å². The summed E-state index contributed by atoms with van der Waals surface area (Å²) in [7, 11) is 1.89. The highest BCUT2D eigenvalue weighted by atomic mass is 127. The van der Waals surface area contributed by atoms with Crippen molar-refractivity contribution in [3.05, 3.63) is 39.2 Å². The maximum absolute atomic E-state index is 13.2. The summed E-state index contributed by atoms with van der Waals surface area (Å²) in [5, 5.41) is 0. The molecule has 0 spiro atoms. The minimum Gasteiger partial charge on any atom is -0.345 e. The molecule has 162 valence electrons. The SMILES string of the molecule is Cn1c(-c2cccc(C(F)(F)F)c2)nc(I)c1C1(N2CCCC2)CCN(C=O)CC1.